The molecule has 1 aromatic rings. The van der Waals surface area contributed by atoms with Crippen LogP contribution < -0.4 is 10.6 Å². The van der Waals surface area contributed by atoms with Gasteiger partial charge in [-0.1, -0.05) is 19.3 Å². The Hall–Kier alpha value is -1.56. The van der Waals surface area contributed by atoms with Gasteiger partial charge in [-0.25, -0.2) is 4.99 Å². The molecule has 1 aromatic heterocycles. The first-order chi connectivity index (χ1) is 11.3. The summed E-state index contributed by atoms with van der Waals surface area (Å²) in [6.07, 6.45) is 9.81. The molecule has 6 nitrogen and oxygen atoms in total. The van der Waals surface area contributed by atoms with E-state index in [1.54, 1.807) is 6.20 Å². The molecule has 1 saturated carbocycles. The second kappa shape index (κ2) is 10.3. The Balaban J connectivity index is 1.64. The molecule has 0 aliphatic heterocycles. The average Bonchev–Trinajstić information content (AvgIpc) is 2.98. The van der Waals surface area contributed by atoms with E-state index >= 15 is 0 Å². The number of nitrogens with one attached hydrogen (secondary N) is 2. The minimum absolute atomic E-state index is 0.496. The van der Waals surface area contributed by atoms with Crippen LogP contribution in [0.15, 0.2) is 17.3 Å². The van der Waals surface area contributed by atoms with Crippen LogP contribution in [0.4, 0.5) is 0 Å². The fourth-order valence-corrected chi connectivity index (χ4v) is 2.82. The lowest BCUT2D eigenvalue weighted by atomic mass is 9.98. The number of aliphatic imine (C=N–C) groups is 1. The normalized spacial score (nSPS) is 16.5. The largest absolute Gasteiger partial charge is 0.378 e. The van der Waals surface area contributed by atoms with Crippen molar-refractivity contribution in [3.8, 4) is 0 Å². The fourth-order valence-electron chi connectivity index (χ4n) is 2.82. The molecule has 0 bridgehead atoms. The highest BCUT2D eigenvalue weighted by molar-refractivity contribution is 5.79. The summed E-state index contributed by atoms with van der Waals surface area (Å²) in [5.74, 6) is 0.853. The van der Waals surface area contributed by atoms with Gasteiger partial charge < -0.3 is 15.4 Å². The maximum atomic E-state index is 5.95. The van der Waals surface area contributed by atoms with E-state index in [0.29, 0.717) is 12.6 Å². The molecule has 0 atom stereocenters. The lowest BCUT2D eigenvalue weighted by molar-refractivity contribution is 0.0277. The van der Waals surface area contributed by atoms with Gasteiger partial charge in [0, 0.05) is 32.9 Å². The monoisotopic (exact) mass is 321 g/mol. The predicted molar refractivity (Wildman–Crippen MR) is 93.5 cm³/mol. The highest BCUT2D eigenvalue weighted by Crippen LogP contribution is 2.20. The SMILES string of the molecule is CCNC(=NCc1ccnn1C)NCCCOC1CCCCC1. The molecule has 0 radical (unpaired) electrons. The van der Waals surface area contributed by atoms with Crippen LogP contribution in [0, 0.1) is 0 Å². The van der Waals surface area contributed by atoms with E-state index < -0.39 is 0 Å². The molecule has 1 fully saturated rings. The summed E-state index contributed by atoms with van der Waals surface area (Å²) in [7, 11) is 1.94. The van der Waals surface area contributed by atoms with Gasteiger partial charge in [0.25, 0.3) is 0 Å². The van der Waals surface area contributed by atoms with Gasteiger partial charge >= 0.3 is 0 Å². The van der Waals surface area contributed by atoms with Crippen molar-refractivity contribution in [1.29, 1.82) is 0 Å². The van der Waals surface area contributed by atoms with Gasteiger partial charge in [-0.3, -0.25) is 4.68 Å². The van der Waals surface area contributed by atoms with Crippen LogP contribution in [0.2, 0.25) is 0 Å². The molecule has 1 aliphatic carbocycles. The number of ether oxygens (including phenoxy) is 1. The second-order valence-corrected chi connectivity index (χ2v) is 6.05. The molecule has 1 heterocycles. The number of hydrogen-bond donors (Lipinski definition) is 2. The Morgan fingerprint density at radius 3 is 2.87 bits per heavy atom. The molecular weight excluding hydrogens is 290 g/mol. The molecule has 23 heavy (non-hydrogen) atoms. The quantitative estimate of drug-likeness (QED) is 0.438. The summed E-state index contributed by atoms with van der Waals surface area (Å²) >= 11 is 0. The Morgan fingerprint density at radius 1 is 1.35 bits per heavy atom. The zero-order valence-electron chi connectivity index (χ0n) is 14.6. The van der Waals surface area contributed by atoms with E-state index in [2.05, 4.69) is 27.6 Å². The molecule has 2 rings (SSSR count). The van der Waals surface area contributed by atoms with Crippen molar-refractivity contribution in [3.05, 3.63) is 18.0 Å². The molecule has 0 spiro atoms. The standard InChI is InChI=1S/C17H31N5O/c1-3-18-17(20-14-15-10-12-21-22(15)2)19-11-7-13-23-16-8-5-4-6-9-16/h10,12,16H,3-9,11,13-14H2,1-2H3,(H2,18,19,20). The molecule has 6 heteroatoms. The molecule has 130 valence electrons. The van der Waals surface area contributed by atoms with Crippen molar-refractivity contribution in [2.75, 3.05) is 19.7 Å². The Bertz CT molecular complexity index is 465. The van der Waals surface area contributed by atoms with Crippen molar-refractivity contribution < 1.29 is 4.74 Å². The van der Waals surface area contributed by atoms with Crippen LogP contribution in [0.25, 0.3) is 0 Å². The smallest absolute Gasteiger partial charge is 0.191 e. The molecule has 0 aromatic carbocycles. The molecular formula is C17H31N5O. The van der Waals surface area contributed by atoms with Crippen LogP contribution >= 0.6 is 0 Å². The van der Waals surface area contributed by atoms with E-state index in [9.17, 15) is 0 Å². The Labute approximate surface area is 139 Å². The Kier molecular flexibility index (Phi) is 7.93. The number of nitrogens with zero attached hydrogens (tertiary/aromatic N) is 3. The fraction of sp³-hybridized carbons (Fsp3) is 0.765. The Morgan fingerprint density at radius 2 is 2.17 bits per heavy atom. The average molecular weight is 321 g/mol. The highest BCUT2D eigenvalue weighted by atomic mass is 16.5. The van der Waals surface area contributed by atoms with Crippen LogP contribution in [0.5, 0.6) is 0 Å². The highest BCUT2D eigenvalue weighted by Gasteiger charge is 2.12. The third-order valence-corrected chi connectivity index (χ3v) is 4.19. The van der Waals surface area contributed by atoms with E-state index in [1.807, 2.05) is 17.8 Å². The summed E-state index contributed by atoms with van der Waals surface area (Å²) in [5, 5.41) is 10.8. The lowest BCUT2D eigenvalue weighted by Crippen LogP contribution is -2.38. The van der Waals surface area contributed by atoms with Crippen LogP contribution in [-0.2, 0) is 18.3 Å². The topological polar surface area (TPSA) is 63.5 Å². The molecule has 2 N–H and O–H groups in total. The summed E-state index contributed by atoms with van der Waals surface area (Å²) in [6, 6.07) is 1.99. The van der Waals surface area contributed by atoms with E-state index in [4.69, 9.17) is 4.74 Å². The van der Waals surface area contributed by atoms with Crippen molar-refractivity contribution >= 4 is 5.96 Å². The number of rotatable bonds is 8. The minimum atomic E-state index is 0.496. The summed E-state index contributed by atoms with van der Waals surface area (Å²) < 4.78 is 7.80. The summed E-state index contributed by atoms with van der Waals surface area (Å²) in [5.41, 5.74) is 1.10. The number of aromatic nitrogens is 2. The zero-order chi connectivity index (χ0) is 16.3. The van der Waals surface area contributed by atoms with E-state index in [0.717, 1.165) is 37.8 Å². The molecule has 0 unspecified atom stereocenters. The van der Waals surface area contributed by atoms with Gasteiger partial charge in [0.1, 0.15) is 0 Å². The minimum Gasteiger partial charge on any atom is -0.378 e. The molecule has 0 amide bonds. The zero-order valence-corrected chi connectivity index (χ0v) is 14.6. The van der Waals surface area contributed by atoms with E-state index in [-0.39, 0.29) is 0 Å². The van der Waals surface area contributed by atoms with Gasteiger partial charge in [0.05, 0.1) is 18.3 Å². The number of guanidine groups is 1. The number of hydrogen-bond acceptors (Lipinski definition) is 3. The van der Waals surface area contributed by atoms with Crippen LogP contribution in [0.1, 0.15) is 51.1 Å². The first-order valence-electron chi connectivity index (χ1n) is 8.90. The first-order valence-corrected chi connectivity index (χ1v) is 8.90. The van der Waals surface area contributed by atoms with Crippen molar-refractivity contribution in [1.82, 2.24) is 20.4 Å². The maximum Gasteiger partial charge on any atom is 0.191 e. The summed E-state index contributed by atoms with van der Waals surface area (Å²) in [4.78, 5) is 4.60. The molecule has 1 aliphatic rings. The van der Waals surface area contributed by atoms with Crippen LogP contribution in [-0.4, -0.2) is 41.5 Å². The maximum absolute atomic E-state index is 5.95. The van der Waals surface area contributed by atoms with Crippen molar-refractivity contribution in [2.24, 2.45) is 12.0 Å². The van der Waals surface area contributed by atoms with Crippen LogP contribution in [0.3, 0.4) is 0 Å². The third kappa shape index (κ3) is 6.60. The lowest BCUT2D eigenvalue weighted by Gasteiger charge is -2.22. The first kappa shape index (κ1) is 17.8. The summed E-state index contributed by atoms with van der Waals surface area (Å²) in [6.45, 7) is 5.27. The van der Waals surface area contributed by atoms with Gasteiger partial charge in [-0.2, -0.15) is 5.10 Å². The van der Waals surface area contributed by atoms with Crippen molar-refractivity contribution in [2.45, 2.75) is 58.1 Å². The third-order valence-electron chi connectivity index (χ3n) is 4.19. The van der Waals surface area contributed by atoms with E-state index in [1.165, 1.54) is 32.1 Å². The van der Waals surface area contributed by atoms with Crippen molar-refractivity contribution in [3.63, 3.8) is 0 Å². The second-order valence-electron chi connectivity index (χ2n) is 6.05. The van der Waals surface area contributed by atoms with Gasteiger partial charge in [0.2, 0.25) is 0 Å². The van der Waals surface area contributed by atoms with Gasteiger partial charge in [-0.05, 0) is 32.3 Å². The number of aryl methyl sites for hydroxylation is 1. The van der Waals surface area contributed by atoms with Gasteiger partial charge in [0.15, 0.2) is 5.96 Å². The molecule has 0 saturated heterocycles. The van der Waals surface area contributed by atoms with Gasteiger partial charge in [-0.15, -0.1) is 0 Å². The predicted octanol–water partition coefficient (Wildman–Crippen LogP) is 2.21.